The minimum atomic E-state index is 0.743. The van der Waals surface area contributed by atoms with Crippen LogP contribution in [0.15, 0.2) is 28.7 Å². The summed E-state index contributed by atoms with van der Waals surface area (Å²) in [4.78, 5) is 0. The number of ether oxygens (including phenoxy) is 1. The van der Waals surface area contributed by atoms with Gasteiger partial charge in [0.2, 0.25) is 0 Å². The minimum Gasteiger partial charge on any atom is -0.493 e. The summed E-state index contributed by atoms with van der Waals surface area (Å²) in [6.45, 7) is 9.36. The average molecular weight is 310 g/mol. The van der Waals surface area contributed by atoms with Gasteiger partial charge in [0.1, 0.15) is 16.9 Å². The molecule has 0 saturated carbocycles. The molecule has 0 bridgehead atoms. The Labute approximate surface area is 138 Å². The van der Waals surface area contributed by atoms with Gasteiger partial charge < -0.3 is 9.15 Å². The molecule has 0 N–H and O–H groups in total. The third-order valence-electron chi connectivity index (χ3n) is 4.63. The largest absolute Gasteiger partial charge is 0.493 e. The van der Waals surface area contributed by atoms with Crippen molar-refractivity contribution >= 4 is 21.9 Å². The molecule has 0 spiro atoms. The Hall–Kier alpha value is -1.96. The molecule has 2 heteroatoms. The molecule has 0 atom stereocenters. The number of hydrogen-bond donors (Lipinski definition) is 0. The molecular weight excluding hydrogens is 284 g/mol. The third kappa shape index (κ3) is 2.83. The normalized spacial score (nSPS) is 11.5. The van der Waals surface area contributed by atoms with E-state index in [0.717, 1.165) is 41.9 Å². The number of unbranched alkanes of at least 4 members (excludes halogenated alkanes) is 1. The van der Waals surface area contributed by atoms with E-state index in [4.69, 9.17) is 9.15 Å². The molecule has 3 rings (SSSR count). The maximum atomic E-state index is 6.28. The fourth-order valence-electron chi connectivity index (χ4n) is 3.20. The molecule has 0 amide bonds. The van der Waals surface area contributed by atoms with Crippen molar-refractivity contribution in [2.45, 2.75) is 53.4 Å². The van der Waals surface area contributed by atoms with E-state index in [1.165, 1.54) is 34.7 Å². The Bertz CT molecular complexity index is 759. The Balaban J connectivity index is 2.13. The lowest BCUT2D eigenvalue weighted by Gasteiger charge is -2.07. The van der Waals surface area contributed by atoms with E-state index >= 15 is 0 Å². The molecule has 122 valence electrons. The highest BCUT2D eigenvalue weighted by molar-refractivity contribution is 6.07. The Morgan fingerprint density at radius 1 is 0.870 bits per heavy atom. The molecular formula is C21H26O2. The third-order valence-corrected chi connectivity index (χ3v) is 4.63. The first-order valence-electron chi connectivity index (χ1n) is 8.74. The molecule has 0 saturated heterocycles. The monoisotopic (exact) mass is 310 g/mol. The van der Waals surface area contributed by atoms with E-state index in [1.54, 1.807) is 0 Å². The van der Waals surface area contributed by atoms with Crippen molar-refractivity contribution in [1.82, 2.24) is 0 Å². The summed E-state index contributed by atoms with van der Waals surface area (Å²) < 4.78 is 12.1. The topological polar surface area (TPSA) is 22.4 Å². The number of aryl methyl sites for hydroxylation is 3. The van der Waals surface area contributed by atoms with Crippen molar-refractivity contribution in [3.8, 4) is 5.75 Å². The molecule has 23 heavy (non-hydrogen) atoms. The second kappa shape index (κ2) is 6.66. The lowest BCUT2D eigenvalue weighted by molar-refractivity contribution is 0.315. The molecule has 1 aromatic heterocycles. The fraction of sp³-hybridized carbons (Fsp3) is 0.429. The van der Waals surface area contributed by atoms with Gasteiger partial charge in [-0.2, -0.15) is 0 Å². The number of furan rings is 1. The van der Waals surface area contributed by atoms with Crippen molar-refractivity contribution in [3.63, 3.8) is 0 Å². The summed E-state index contributed by atoms with van der Waals surface area (Å²) in [7, 11) is 0. The number of benzene rings is 2. The predicted molar refractivity (Wildman–Crippen MR) is 97.6 cm³/mol. The number of rotatable bonds is 6. The van der Waals surface area contributed by atoms with Crippen LogP contribution in [0, 0.1) is 13.8 Å². The van der Waals surface area contributed by atoms with Gasteiger partial charge in [0.15, 0.2) is 0 Å². The van der Waals surface area contributed by atoms with Crippen LogP contribution in [-0.4, -0.2) is 6.61 Å². The average Bonchev–Trinajstić information content (AvgIpc) is 2.94. The number of hydrogen-bond acceptors (Lipinski definition) is 2. The van der Waals surface area contributed by atoms with Crippen LogP contribution >= 0.6 is 0 Å². The highest BCUT2D eigenvalue weighted by atomic mass is 16.5. The van der Waals surface area contributed by atoms with E-state index in [0.29, 0.717) is 0 Å². The molecule has 3 aromatic rings. The lowest BCUT2D eigenvalue weighted by atomic mass is 10.00. The summed E-state index contributed by atoms with van der Waals surface area (Å²) in [6, 6.07) is 8.68. The smallest absolute Gasteiger partial charge is 0.142 e. The van der Waals surface area contributed by atoms with Crippen LogP contribution < -0.4 is 4.74 Å². The molecule has 0 unspecified atom stereocenters. The Kier molecular flexibility index (Phi) is 4.61. The van der Waals surface area contributed by atoms with Gasteiger partial charge in [0.05, 0.1) is 6.61 Å². The zero-order valence-corrected chi connectivity index (χ0v) is 14.7. The molecule has 0 aliphatic rings. The molecule has 2 nitrogen and oxygen atoms in total. The molecule has 0 fully saturated rings. The van der Waals surface area contributed by atoms with Crippen molar-refractivity contribution in [1.29, 1.82) is 0 Å². The van der Waals surface area contributed by atoms with Crippen molar-refractivity contribution in [2.75, 3.05) is 6.61 Å². The van der Waals surface area contributed by atoms with Crippen LogP contribution in [0.3, 0.4) is 0 Å². The van der Waals surface area contributed by atoms with Crippen LogP contribution in [0.25, 0.3) is 21.9 Å². The first kappa shape index (κ1) is 15.9. The first-order valence-corrected chi connectivity index (χ1v) is 8.74. The molecule has 0 radical (unpaired) electrons. The summed E-state index contributed by atoms with van der Waals surface area (Å²) in [6.07, 6.45) is 4.58. The maximum Gasteiger partial charge on any atom is 0.142 e. The van der Waals surface area contributed by atoms with Crippen LogP contribution in [0.4, 0.5) is 0 Å². The van der Waals surface area contributed by atoms with Gasteiger partial charge in [-0.3, -0.25) is 0 Å². The van der Waals surface area contributed by atoms with Crippen molar-refractivity contribution < 1.29 is 9.15 Å². The maximum absolute atomic E-state index is 6.28. The molecule has 1 heterocycles. The van der Waals surface area contributed by atoms with E-state index in [1.807, 2.05) is 0 Å². The number of fused-ring (bicyclic) bond motifs is 3. The fourth-order valence-corrected chi connectivity index (χ4v) is 3.20. The Morgan fingerprint density at radius 3 is 2.26 bits per heavy atom. The zero-order chi connectivity index (χ0) is 16.4. The second-order valence-electron chi connectivity index (χ2n) is 6.35. The van der Waals surface area contributed by atoms with E-state index < -0.39 is 0 Å². The van der Waals surface area contributed by atoms with Gasteiger partial charge in [-0.05, 0) is 56.4 Å². The van der Waals surface area contributed by atoms with E-state index in [2.05, 4.69) is 52.0 Å². The van der Waals surface area contributed by atoms with Gasteiger partial charge in [-0.15, -0.1) is 0 Å². The van der Waals surface area contributed by atoms with E-state index in [-0.39, 0.29) is 0 Å². The van der Waals surface area contributed by atoms with Crippen LogP contribution in [0.1, 0.15) is 49.8 Å². The molecule has 2 aromatic carbocycles. The molecule has 0 aliphatic carbocycles. The van der Waals surface area contributed by atoms with E-state index in [9.17, 15) is 0 Å². The summed E-state index contributed by atoms with van der Waals surface area (Å²) in [5.41, 5.74) is 5.77. The first-order chi connectivity index (χ1) is 11.2. The summed E-state index contributed by atoms with van der Waals surface area (Å²) in [5.74, 6) is 0.933. The standard InChI is InChI=1S/C21H26O2/c1-5-7-8-16-9-10-17-18-11-12-19(22-13-6-2)15(4)21(18)23-20(17)14(16)3/h9-12H,5-8,13H2,1-4H3. The van der Waals surface area contributed by atoms with Gasteiger partial charge in [0, 0.05) is 16.3 Å². The highest BCUT2D eigenvalue weighted by Gasteiger charge is 2.15. The predicted octanol–water partition coefficient (Wildman–Crippen LogP) is 6.33. The van der Waals surface area contributed by atoms with Crippen LogP contribution in [-0.2, 0) is 6.42 Å². The second-order valence-corrected chi connectivity index (χ2v) is 6.35. The lowest BCUT2D eigenvalue weighted by Crippen LogP contribution is -1.96. The van der Waals surface area contributed by atoms with Crippen molar-refractivity contribution in [2.24, 2.45) is 0 Å². The summed E-state index contributed by atoms with van der Waals surface area (Å²) in [5, 5.41) is 2.40. The summed E-state index contributed by atoms with van der Waals surface area (Å²) >= 11 is 0. The van der Waals surface area contributed by atoms with Gasteiger partial charge in [-0.1, -0.05) is 32.4 Å². The van der Waals surface area contributed by atoms with Crippen LogP contribution in [0.2, 0.25) is 0 Å². The van der Waals surface area contributed by atoms with Gasteiger partial charge in [0.25, 0.3) is 0 Å². The SMILES string of the molecule is CCCCc1ccc2c(oc3c(C)c(OCCC)ccc32)c1C. The quantitative estimate of drug-likeness (QED) is 0.530. The van der Waals surface area contributed by atoms with Crippen molar-refractivity contribution in [3.05, 3.63) is 41.0 Å². The van der Waals surface area contributed by atoms with Gasteiger partial charge >= 0.3 is 0 Å². The molecule has 0 aliphatic heterocycles. The minimum absolute atomic E-state index is 0.743. The Morgan fingerprint density at radius 2 is 1.57 bits per heavy atom. The van der Waals surface area contributed by atoms with Gasteiger partial charge in [-0.25, -0.2) is 0 Å². The van der Waals surface area contributed by atoms with Crippen LogP contribution in [0.5, 0.6) is 5.75 Å². The highest BCUT2D eigenvalue weighted by Crippen LogP contribution is 2.37. The zero-order valence-electron chi connectivity index (χ0n) is 14.7.